The van der Waals surface area contributed by atoms with Gasteiger partial charge in [-0.15, -0.1) is 0 Å². The van der Waals surface area contributed by atoms with Crippen LogP contribution in [0.2, 0.25) is 0 Å². The number of aromatic amines is 2. The summed E-state index contributed by atoms with van der Waals surface area (Å²) in [6.07, 6.45) is 5.98. The summed E-state index contributed by atoms with van der Waals surface area (Å²) in [5.41, 5.74) is 2.58. The lowest BCUT2D eigenvalue weighted by Gasteiger charge is -2.30. The van der Waals surface area contributed by atoms with Gasteiger partial charge in [-0.1, -0.05) is 32.9 Å². The van der Waals surface area contributed by atoms with Crippen LogP contribution in [-0.2, 0) is 14.3 Å². The van der Waals surface area contributed by atoms with Crippen LogP contribution in [0, 0.1) is 17.6 Å². The molecular formula is C36H41F2N7O4. The molecule has 2 aromatic carbocycles. The Kier molecular flexibility index (Phi) is 9.79. The van der Waals surface area contributed by atoms with Gasteiger partial charge in [-0.3, -0.25) is 9.59 Å². The Labute approximate surface area is 283 Å². The number of likely N-dealkylation sites (tertiary alicyclic amines) is 2. The van der Waals surface area contributed by atoms with E-state index in [9.17, 15) is 14.4 Å². The van der Waals surface area contributed by atoms with Crippen molar-refractivity contribution in [3.05, 3.63) is 72.1 Å². The number of amides is 3. The minimum absolute atomic E-state index is 0.0702. The SMILES string of the molecule is CCC(=O)N1CCC[C@H]1c1ncc(-c2ccc(-c3ccc(-c4cnc([C@@H]5CCCN5C(=O)[C@@H](NC(=O)OC)C(C)C)[nH]4)c(F)c3)cc2F)[nH]1. The topological polar surface area (TPSA) is 136 Å². The summed E-state index contributed by atoms with van der Waals surface area (Å²) in [6, 6.07) is 8.17. The van der Waals surface area contributed by atoms with Crippen LogP contribution in [0.1, 0.15) is 76.6 Å². The van der Waals surface area contributed by atoms with Gasteiger partial charge in [0.25, 0.3) is 0 Å². The predicted molar refractivity (Wildman–Crippen MR) is 179 cm³/mol. The fourth-order valence-corrected chi connectivity index (χ4v) is 6.86. The summed E-state index contributed by atoms with van der Waals surface area (Å²) in [5, 5.41) is 2.63. The predicted octanol–water partition coefficient (Wildman–Crippen LogP) is 6.53. The zero-order valence-electron chi connectivity index (χ0n) is 28.1. The van der Waals surface area contributed by atoms with Gasteiger partial charge in [0.05, 0.1) is 43.0 Å². The summed E-state index contributed by atoms with van der Waals surface area (Å²) < 4.78 is 35.7. The lowest BCUT2D eigenvalue weighted by Crippen LogP contribution is -2.51. The van der Waals surface area contributed by atoms with Gasteiger partial charge >= 0.3 is 6.09 Å². The highest BCUT2D eigenvalue weighted by molar-refractivity contribution is 5.86. The van der Waals surface area contributed by atoms with Crippen molar-refractivity contribution in [3.8, 4) is 33.6 Å². The van der Waals surface area contributed by atoms with Gasteiger partial charge in [-0.2, -0.15) is 0 Å². The Morgan fingerprint density at radius 3 is 1.86 bits per heavy atom. The van der Waals surface area contributed by atoms with Crippen LogP contribution in [0.4, 0.5) is 13.6 Å². The molecule has 4 aromatic rings. The van der Waals surface area contributed by atoms with E-state index in [1.165, 1.54) is 25.4 Å². The van der Waals surface area contributed by atoms with Crippen molar-refractivity contribution in [1.82, 2.24) is 35.1 Å². The van der Waals surface area contributed by atoms with E-state index >= 15 is 8.78 Å². The Morgan fingerprint density at radius 2 is 1.39 bits per heavy atom. The maximum Gasteiger partial charge on any atom is 0.407 e. The maximum atomic E-state index is 15.6. The molecule has 4 heterocycles. The van der Waals surface area contributed by atoms with Gasteiger partial charge < -0.3 is 29.8 Å². The highest BCUT2D eigenvalue weighted by atomic mass is 19.1. The number of hydrogen-bond donors (Lipinski definition) is 3. The number of halogens is 2. The Morgan fingerprint density at radius 1 is 0.878 bits per heavy atom. The van der Waals surface area contributed by atoms with Crippen molar-refractivity contribution in [3.63, 3.8) is 0 Å². The molecule has 2 saturated heterocycles. The lowest BCUT2D eigenvalue weighted by atomic mass is 10.00. The van der Waals surface area contributed by atoms with Crippen LogP contribution in [0.3, 0.4) is 0 Å². The van der Waals surface area contributed by atoms with Crippen LogP contribution in [0.25, 0.3) is 33.6 Å². The first kappa shape index (κ1) is 33.8. The van der Waals surface area contributed by atoms with Gasteiger partial charge in [0.2, 0.25) is 11.8 Å². The van der Waals surface area contributed by atoms with E-state index < -0.39 is 23.8 Å². The smallest absolute Gasteiger partial charge is 0.407 e. The number of carbonyl (C=O) groups is 3. The molecule has 0 spiro atoms. The number of nitrogens with one attached hydrogen (secondary N) is 3. The van der Waals surface area contributed by atoms with E-state index in [1.54, 1.807) is 35.4 Å². The summed E-state index contributed by atoms with van der Waals surface area (Å²) in [6.45, 7) is 6.72. The second-order valence-corrected chi connectivity index (χ2v) is 12.9. The number of alkyl carbamates (subject to hydrolysis) is 1. The van der Waals surface area contributed by atoms with Crippen molar-refractivity contribution in [2.24, 2.45) is 5.92 Å². The molecule has 13 heteroatoms. The summed E-state index contributed by atoms with van der Waals surface area (Å²) >= 11 is 0. The molecule has 2 aliphatic heterocycles. The number of rotatable bonds is 9. The molecular weight excluding hydrogens is 632 g/mol. The molecule has 3 atom stereocenters. The normalized spacial score (nSPS) is 18.3. The quantitative estimate of drug-likeness (QED) is 0.185. The van der Waals surface area contributed by atoms with Gasteiger partial charge in [-0.05, 0) is 67.0 Å². The zero-order chi connectivity index (χ0) is 34.8. The van der Waals surface area contributed by atoms with Crippen molar-refractivity contribution >= 4 is 17.9 Å². The van der Waals surface area contributed by atoms with E-state index in [-0.39, 0.29) is 35.4 Å². The Bertz CT molecular complexity index is 1850. The monoisotopic (exact) mass is 673 g/mol. The molecule has 0 unspecified atom stereocenters. The Hall–Kier alpha value is -5.07. The van der Waals surface area contributed by atoms with E-state index in [2.05, 4.69) is 25.3 Å². The molecule has 3 amide bonds. The number of H-pyrrole nitrogens is 2. The van der Waals surface area contributed by atoms with E-state index in [4.69, 9.17) is 4.74 Å². The van der Waals surface area contributed by atoms with Crippen LogP contribution >= 0.6 is 0 Å². The maximum absolute atomic E-state index is 15.6. The number of nitrogens with zero attached hydrogens (tertiary/aromatic N) is 4. The summed E-state index contributed by atoms with van der Waals surface area (Å²) in [5.74, 6) is -0.156. The molecule has 2 aliphatic rings. The van der Waals surface area contributed by atoms with Crippen LogP contribution in [-0.4, -0.2) is 73.9 Å². The minimum Gasteiger partial charge on any atom is -0.453 e. The van der Waals surface area contributed by atoms with Crippen LogP contribution < -0.4 is 5.32 Å². The molecule has 49 heavy (non-hydrogen) atoms. The molecule has 0 bridgehead atoms. The molecule has 258 valence electrons. The minimum atomic E-state index is -0.760. The van der Waals surface area contributed by atoms with Gasteiger partial charge in [0, 0.05) is 30.6 Å². The number of ether oxygens (including phenoxy) is 1. The number of aromatic nitrogens is 4. The molecule has 0 saturated carbocycles. The number of methoxy groups -OCH3 is 1. The van der Waals surface area contributed by atoms with E-state index in [0.717, 1.165) is 19.3 Å². The highest BCUT2D eigenvalue weighted by Gasteiger charge is 2.37. The van der Waals surface area contributed by atoms with Crippen molar-refractivity contribution in [2.75, 3.05) is 20.2 Å². The number of imidazole rings is 2. The van der Waals surface area contributed by atoms with Crippen LogP contribution in [0.15, 0.2) is 48.8 Å². The number of carbonyl (C=O) groups excluding carboxylic acids is 3. The molecule has 2 fully saturated rings. The lowest BCUT2D eigenvalue weighted by molar-refractivity contribution is -0.135. The van der Waals surface area contributed by atoms with E-state index in [1.807, 2.05) is 25.7 Å². The number of hydrogen-bond acceptors (Lipinski definition) is 6. The van der Waals surface area contributed by atoms with Crippen molar-refractivity contribution in [1.29, 1.82) is 0 Å². The standard InChI is InChI=1S/C36H41F2N7O4/c1-5-31(46)44-14-6-8-29(44)33-39-18-27(41-33)23-12-10-21(16-25(23)37)22-11-13-24(26(38)17-22)28-19-40-34(42-28)30-9-7-15-45(30)35(47)32(20(2)3)43-36(48)49-4/h10-13,16-20,29-30,32H,5-9,14-15H2,1-4H3,(H,39,41)(H,40,42)(H,43,48)/t29-,30-,32-/m0/s1. The third kappa shape index (κ3) is 6.79. The molecule has 6 rings (SSSR count). The van der Waals surface area contributed by atoms with Crippen molar-refractivity contribution in [2.45, 2.75) is 71.0 Å². The fourth-order valence-electron chi connectivity index (χ4n) is 6.86. The molecule has 0 radical (unpaired) electrons. The molecule has 2 aromatic heterocycles. The Balaban J connectivity index is 1.17. The second kappa shape index (κ2) is 14.2. The van der Waals surface area contributed by atoms with Crippen molar-refractivity contribution < 1.29 is 27.9 Å². The average Bonchev–Trinajstić information content (AvgIpc) is 3.92. The highest BCUT2D eigenvalue weighted by Crippen LogP contribution is 2.36. The molecule has 3 N–H and O–H groups in total. The number of benzene rings is 2. The first-order valence-electron chi connectivity index (χ1n) is 16.7. The summed E-state index contributed by atoms with van der Waals surface area (Å²) in [4.78, 5) is 56.6. The first-order chi connectivity index (χ1) is 23.6. The first-order valence-corrected chi connectivity index (χ1v) is 16.7. The average molecular weight is 674 g/mol. The largest absolute Gasteiger partial charge is 0.453 e. The third-order valence-corrected chi connectivity index (χ3v) is 9.48. The fraction of sp³-hybridized carbons (Fsp3) is 0.417. The van der Waals surface area contributed by atoms with E-state index in [0.29, 0.717) is 65.7 Å². The summed E-state index contributed by atoms with van der Waals surface area (Å²) in [7, 11) is 1.25. The zero-order valence-corrected chi connectivity index (χ0v) is 28.1. The van der Waals surface area contributed by atoms with Gasteiger partial charge in [0.1, 0.15) is 29.3 Å². The van der Waals surface area contributed by atoms with Gasteiger partial charge in [0.15, 0.2) is 0 Å². The third-order valence-electron chi connectivity index (χ3n) is 9.48. The molecule has 0 aliphatic carbocycles. The second-order valence-electron chi connectivity index (χ2n) is 12.9. The molecule has 11 nitrogen and oxygen atoms in total. The van der Waals surface area contributed by atoms with Gasteiger partial charge in [-0.25, -0.2) is 23.5 Å². The van der Waals surface area contributed by atoms with Crippen LogP contribution in [0.5, 0.6) is 0 Å².